The molecule has 1 saturated heterocycles. The van der Waals surface area contributed by atoms with Gasteiger partial charge in [-0.2, -0.15) is 0 Å². The van der Waals surface area contributed by atoms with Crippen LogP contribution in [0.2, 0.25) is 0 Å². The Morgan fingerprint density at radius 1 is 1.10 bits per heavy atom. The third-order valence-electron chi connectivity index (χ3n) is 10.8. The number of aliphatic hydroxyl groups is 4. The van der Waals surface area contributed by atoms with E-state index in [0.29, 0.717) is 12.2 Å². The highest BCUT2D eigenvalue weighted by atomic mass is 16.7. The first-order valence-corrected chi connectivity index (χ1v) is 17.0. The molecule has 0 bridgehead atoms. The Morgan fingerprint density at radius 3 is 2.40 bits per heavy atom. The molecule has 0 aromatic rings. The van der Waals surface area contributed by atoms with E-state index < -0.39 is 72.0 Å². The zero-order valence-electron chi connectivity index (χ0n) is 29.6. The Balaban J connectivity index is 1.82. The largest absolute Gasteiger partial charge is 0.465 e. The first kappa shape index (κ1) is 38.6. The molecule has 0 spiro atoms. The molecule has 0 aromatic carbocycles. The molecule has 1 unspecified atom stereocenters. The molecule has 1 aliphatic heterocycles. The number of ether oxygens (including phenoxy) is 6. The van der Waals surface area contributed by atoms with Gasteiger partial charge in [0.2, 0.25) is 0 Å². The second kappa shape index (κ2) is 15.4. The van der Waals surface area contributed by atoms with Crippen molar-refractivity contribution in [2.45, 2.75) is 122 Å². The lowest BCUT2D eigenvalue weighted by Gasteiger charge is -2.47. The van der Waals surface area contributed by atoms with Crippen LogP contribution in [-0.4, -0.2) is 114 Å². The van der Waals surface area contributed by atoms with Crippen LogP contribution in [0.25, 0.3) is 0 Å². The van der Waals surface area contributed by atoms with E-state index in [9.17, 15) is 30.0 Å². The molecule has 0 amide bonds. The van der Waals surface area contributed by atoms with Gasteiger partial charge in [0.15, 0.2) is 12.4 Å². The van der Waals surface area contributed by atoms with E-state index in [-0.39, 0.29) is 43.3 Å². The van der Waals surface area contributed by atoms with E-state index in [1.165, 1.54) is 13.8 Å². The summed E-state index contributed by atoms with van der Waals surface area (Å²) in [5.74, 6) is -1.70. The molecule has 0 radical (unpaired) electrons. The molecule has 272 valence electrons. The highest BCUT2D eigenvalue weighted by Crippen LogP contribution is 2.56. The minimum absolute atomic E-state index is 0.0190. The Hall–Kier alpha value is -2.16. The predicted octanol–water partition coefficient (Wildman–Crippen LogP) is 2.61. The molecule has 2 fully saturated rings. The monoisotopic (exact) mass is 680 g/mol. The van der Waals surface area contributed by atoms with Gasteiger partial charge in [0.25, 0.3) is 0 Å². The highest BCUT2D eigenvalue weighted by Gasteiger charge is 2.56. The Bertz CT molecular complexity index is 1240. The van der Waals surface area contributed by atoms with Crippen LogP contribution in [0, 0.1) is 29.1 Å². The number of carbonyl (C=O) groups is 2. The predicted molar refractivity (Wildman–Crippen MR) is 174 cm³/mol. The van der Waals surface area contributed by atoms with Crippen molar-refractivity contribution >= 4 is 11.9 Å². The highest BCUT2D eigenvalue weighted by molar-refractivity contribution is 5.66. The zero-order valence-corrected chi connectivity index (χ0v) is 29.6. The van der Waals surface area contributed by atoms with Gasteiger partial charge in [-0.15, -0.1) is 6.58 Å². The molecule has 12 nitrogen and oxygen atoms in total. The minimum atomic E-state index is -1.63. The third kappa shape index (κ3) is 7.91. The van der Waals surface area contributed by atoms with Crippen molar-refractivity contribution in [3.63, 3.8) is 0 Å². The van der Waals surface area contributed by atoms with Gasteiger partial charge in [-0.3, -0.25) is 9.59 Å². The Morgan fingerprint density at radius 2 is 1.79 bits per heavy atom. The number of carbonyl (C=O) groups excluding carboxylic acids is 2. The Labute approximate surface area is 284 Å². The van der Waals surface area contributed by atoms with Crippen LogP contribution in [0.3, 0.4) is 0 Å². The van der Waals surface area contributed by atoms with Gasteiger partial charge in [0.1, 0.15) is 24.4 Å². The Kier molecular flexibility index (Phi) is 12.4. The number of rotatable bonds is 12. The SMILES string of the molecule is C=CC(C)(C)OC[C@H]1O[C@H](O[C@@H]2C3=C(C(C)COC(C)=O)C[C@H](O)[C@]3(C)C=C3[C@@H](COC)CC[C@H]3[C@@H](C)[C@H]2O)[C@H](O)[C@@H](OC(C)=O)[C@@H]1O. The van der Waals surface area contributed by atoms with E-state index in [0.717, 1.165) is 24.0 Å². The summed E-state index contributed by atoms with van der Waals surface area (Å²) in [4.78, 5) is 23.8. The molecule has 48 heavy (non-hydrogen) atoms. The van der Waals surface area contributed by atoms with E-state index >= 15 is 0 Å². The van der Waals surface area contributed by atoms with Crippen LogP contribution in [0.5, 0.6) is 0 Å². The number of aliphatic hydroxyl groups excluding tert-OH is 4. The number of hydrogen-bond acceptors (Lipinski definition) is 12. The molecule has 4 aliphatic rings. The normalized spacial score (nSPS) is 39.1. The van der Waals surface area contributed by atoms with Gasteiger partial charge in [-0.1, -0.05) is 37.1 Å². The first-order valence-electron chi connectivity index (χ1n) is 17.0. The van der Waals surface area contributed by atoms with Crippen molar-refractivity contribution in [1.82, 2.24) is 0 Å². The third-order valence-corrected chi connectivity index (χ3v) is 10.8. The lowest BCUT2D eigenvalue weighted by molar-refractivity contribution is -0.320. The van der Waals surface area contributed by atoms with Crippen LogP contribution in [0.15, 0.2) is 35.5 Å². The number of fused-ring (bicyclic) bond motifs is 2. The lowest BCUT2D eigenvalue weighted by atomic mass is 9.68. The van der Waals surface area contributed by atoms with Crippen molar-refractivity contribution in [2.24, 2.45) is 29.1 Å². The molecule has 4 rings (SSSR count). The first-order chi connectivity index (χ1) is 22.4. The average Bonchev–Trinajstić information content (AvgIpc) is 3.52. The second-order valence-corrected chi connectivity index (χ2v) is 14.7. The van der Waals surface area contributed by atoms with E-state index in [1.807, 2.05) is 20.8 Å². The van der Waals surface area contributed by atoms with Crippen LogP contribution in [0.1, 0.15) is 67.7 Å². The van der Waals surface area contributed by atoms with E-state index in [1.54, 1.807) is 27.0 Å². The molecule has 1 saturated carbocycles. The molecule has 4 N–H and O–H groups in total. The molecule has 13 atom stereocenters. The molecular formula is C36H56O12. The standard InChI is InChI=1S/C36H56O12/c1-10-35(6,7)45-17-26-30(41)33(46-21(5)38)31(42)34(47-26)48-32-28-24(18(2)15-44-20(4)37)13-27(39)36(28,8)14-25-22(16-43-9)11-12-23(25)19(3)29(32)40/h10,14,18-19,22-23,26-27,29-34,39-42H,1,11-13,15-17H2,2-9H3/t18?,19-,22-,23+,26-,27+,29-,30-,31-,32-,33+,34-,36+/m1/s1. The average molecular weight is 681 g/mol. The summed E-state index contributed by atoms with van der Waals surface area (Å²) in [6, 6.07) is 0. The minimum Gasteiger partial charge on any atom is -0.465 e. The smallest absolute Gasteiger partial charge is 0.303 e. The van der Waals surface area contributed by atoms with Crippen LogP contribution in [-0.2, 0) is 38.0 Å². The summed E-state index contributed by atoms with van der Waals surface area (Å²) in [6.07, 6.45) is -4.54. The lowest BCUT2D eigenvalue weighted by Crippen LogP contribution is -2.62. The van der Waals surface area contributed by atoms with Crippen molar-refractivity contribution < 1.29 is 58.4 Å². The maximum Gasteiger partial charge on any atom is 0.303 e. The fourth-order valence-corrected chi connectivity index (χ4v) is 7.88. The molecule has 1 heterocycles. The summed E-state index contributed by atoms with van der Waals surface area (Å²) in [7, 11) is 1.66. The summed E-state index contributed by atoms with van der Waals surface area (Å²) >= 11 is 0. The number of esters is 2. The van der Waals surface area contributed by atoms with E-state index in [2.05, 4.69) is 12.7 Å². The molecule has 0 aromatic heterocycles. The summed E-state index contributed by atoms with van der Waals surface area (Å²) in [6.45, 7) is 16.0. The van der Waals surface area contributed by atoms with Gasteiger partial charge < -0.3 is 48.8 Å². The van der Waals surface area contributed by atoms with Gasteiger partial charge in [0.05, 0.1) is 37.6 Å². The summed E-state index contributed by atoms with van der Waals surface area (Å²) in [5.41, 5.74) is 0.746. The van der Waals surface area contributed by atoms with Gasteiger partial charge in [0, 0.05) is 38.2 Å². The van der Waals surface area contributed by atoms with Crippen molar-refractivity contribution in [3.8, 4) is 0 Å². The fraction of sp³-hybridized carbons (Fsp3) is 0.778. The molecular weight excluding hydrogens is 624 g/mol. The number of methoxy groups -OCH3 is 1. The fourth-order valence-electron chi connectivity index (χ4n) is 7.88. The van der Waals surface area contributed by atoms with Crippen molar-refractivity contribution in [1.29, 1.82) is 0 Å². The maximum absolute atomic E-state index is 12.3. The van der Waals surface area contributed by atoms with Crippen LogP contribution in [0.4, 0.5) is 0 Å². The van der Waals surface area contributed by atoms with Gasteiger partial charge >= 0.3 is 11.9 Å². The van der Waals surface area contributed by atoms with E-state index in [4.69, 9.17) is 28.4 Å². The van der Waals surface area contributed by atoms with Crippen molar-refractivity contribution in [3.05, 3.63) is 35.5 Å². The van der Waals surface area contributed by atoms with Crippen molar-refractivity contribution in [2.75, 3.05) is 26.9 Å². The zero-order chi connectivity index (χ0) is 35.7. The quantitative estimate of drug-likeness (QED) is 0.176. The summed E-state index contributed by atoms with van der Waals surface area (Å²) < 4.78 is 35.1. The number of hydrogen-bond donors (Lipinski definition) is 4. The van der Waals surface area contributed by atoms with Gasteiger partial charge in [-0.05, 0) is 57.4 Å². The topological polar surface area (TPSA) is 170 Å². The van der Waals surface area contributed by atoms with Crippen LogP contribution >= 0.6 is 0 Å². The summed E-state index contributed by atoms with van der Waals surface area (Å²) in [5, 5.41) is 46.7. The molecule has 12 heteroatoms. The second-order valence-electron chi connectivity index (χ2n) is 14.7. The van der Waals surface area contributed by atoms with Gasteiger partial charge in [-0.25, -0.2) is 0 Å². The van der Waals surface area contributed by atoms with Crippen LogP contribution < -0.4 is 0 Å². The maximum atomic E-state index is 12.3. The molecule has 3 aliphatic carbocycles.